The molecular formula is C11H11Cl2N3O. The van der Waals surface area contributed by atoms with Crippen molar-refractivity contribution >= 4 is 40.1 Å². The van der Waals surface area contributed by atoms with Gasteiger partial charge in [0.15, 0.2) is 0 Å². The average Bonchev–Trinajstić information content (AvgIpc) is 2.58. The van der Waals surface area contributed by atoms with Crippen LogP contribution in [0.3, 0.4) is 0 Å². The van der Waals surface area contributed by atoms with E-state index in [1.807, 2.05) is 6.07 Å². The summed E-state index contributed by atoms with van der Waals surface area (Å²) in [6.07, 6.45) is 0. The Kier molecular flexibility index (Phi) is 3.26. The number of benzene rings is 1. The van der Waals surface area contributed by atoms with Crippen molar-refractivity contribution in [1.82, 2.24) is 9.55 Å². The van der Waals surface area contributed by atoms with E-state index >= 15 is 0 Å². The van der Waals surface area contributed by atoms with Gasteiger partial charge >= 0.3 is 0 Å². The lowest BCUT2D eigenvalue weighted by atomic mass is 10.3. The molecule has 1 atom stereocenters. The summed E-state index contributed by atoms with van der Waals surface area (Å²) in [5.74, 6) is 0.149. The van der Waals surface area contributed by atoms with E-state index < -0.39 is 5.91 Å². The Labute approximate surface area is 108 Å². The van der Waals surface area contributed by atoms with Crippen LogP contribution in [0, 0.1) is 0 Å². The van der Waals surface area contributed by atoms with Crippen LogP contribution in [0.25, 0.3) is 11.0 Å². The van der Waals surface area contributed by atoms with Gasteiger partial charge in [0.05, 0.1) is 15.9 Å². The lowest BCUT2D eigenvalue weighted by Crippen LogP contribution is -2.20. The first-order valence-corrected chi connectivity index (χ1v) is 5.89. The molecule has 0 fully saturated rings. The van der Waals surface area contributed by atoms with Gasteiger partial charge in [-0.3, -0.25) is 4.79 Å². The normalized spacial score (nSPS) is 12.9. The van der Waals surface area contributed by atoms with Gasteiger partial charge in [0.2, 0.25) is 5.91 Å². The number of nitrogens with zero attached hydrogens (tertiary/aromatic N) is 2. The van der Waals surface area contributed by atoms with E-state index in [1.165, 1.54) is 0 Å². The Morgan fingerprint density at radius 3 is 2.88 bits per heavy atom. The Balaban J connectivity index is 2.71. The first-order chi connectivity index (χ1) is 8.00. The average molecular weight is 272 g/mol. The highest BCUT2D eigenvalue weighted by atomic mass is 35.5. The number of carbonyl (C=O) groups is 1. The van der Waals surface area contributed by atoms with Crippen LogP contribution in [0.5, 0.6) is 0 Å². The molecule has 0 aliphatic heterocycles. The molecule has 1 heterocycles. The summed E-state index contributed by atoms with van der Waals surface area (Å²) < 4.78 is 1.70. The third kappa shape index (κ3) is 2.23. The van der Waals surface area contributed by atoms with Gasteiger partial charge in [0.1, 0.15) is 17.9 Å². The van der Waals surface area contributed by atoms with Crippen LogP contribution >= 0.6 is 23.2 Å². The molecule has 2 rings (SSSR count). The highest BCUT2D eigenvalue weighted by Crippen LogP contribution is 2.28. The molecule has 2 N–H and O–H groups in total. The zero-order chi connectivity index (χ0) is 12.6. The van der Waals surface area contributed by atoms with Crippen LogP contribution in [0.4, 0.5) is 0 Å². The molecule has 0 spiro atoms. The number of fused-ring (bicyclic) bond motifs is 1. The third-order valence-electron chi connectivity index (χ3n) is 2.43. The van der Waals surface area contributed by atoms with Crippen molar-refractivity contribution in [2.75, 3.05) is 0 Å². The van der Waals surface area contributed by atoms with Crippen molar-refractivity contribution in [2.24, 2.45) is 5.73 Å². The van der Waals surface area contributed by atoms with E-state index in [-0.39, 0.29) is 11.9 Å². The summed E-state index contributed by atoms with van der Waals surface area (Å²) in [4.78, 5) is 15.4. The number of amides is 1. The van der Waals surface area contributed by atoms with Gasteiger partial charge in [-0.2, -0.15) is 0 Å². The minimum Gasteiger partial charge on any atom is -0.368 e. The second-order valence-electron chi connectivity index (χ2n) is 3.75. The zero-order valence-electron chi connectivity index (χ0n) is 9.15. The van der Waals surface area contributed by atoms with E-state index in [0.717, 1.165) is 5.52 Å². The van der Waals surface area contributed by atoms with E-state index in [4.69, 9.17) is 28.9 Å². The van der Waals surface area contributed by atoms with Crippen molar-refractivity contribution in [3.63, 3.8) is 0 Å². The molecule has 1 unspecified atom stereocenters. The number of hydrogen-bond acceptors (Lipinski definition) is 2. The first kappa shape index (κ1) is 12.2. The van der Waals surface area contributed by atoms with E-state index in [0.29, 0.717) is 16.4 Å². The fourth-order valence-corrected chi connectivity index (χ4v) is 2.13. The number of rotatable bonds is 3. The molecule has 1 aromatic carbocycles. The summed E-state index contributed by atoms with van der Waals surface area (Å²) in [6, 6.07) is 5.38. The van der Waals surface area contributed by atoms with Crippen LogP contribution in [0.1, 0.15) is 18.1 Å². The highest BCUT2D eigenvalue weighted by molar-refractivity contribution is 6.35. The molecule has 0 bridgehead atoms. The summed E-state index contributed by atoms with van der Waals surface area (Å²) in [5.41, 5.74) is 6.62. The van der Waals surface area contributed by atoms with Crippen LogP contribution in [0.15, 0.2) is 18.2 Å². The molecule has 0 aliphatic rings. The molecule has 0 saturated carbocycles. The van der Waals surface area contributed by atoms with Crippen molar-refractivity contribution < 1.29 is 4.79 Å². The predicted octanol–water partition coefficient (Wildman–Crippen LogP) is 2.47. The minimum atomic E-state index is -0.442. The van der Waals surface area contributed by atoms with Gasteiger partial charge in [-0.15, -0.1) is 11.6 Å². The summed E-state index contributed by atoms with van der Waals surface area (Å²) >= 11 is 12.1. The minimum absolute atomic E-state index is 0.0449. The molecule has 1 aromatic heterocycles. The van der Waals surface area contributed by atoms with Gasteiger partial charge in [-0.05, 0) is 19.1 Å². The van der Waals surface area contributed by atoms with Crippen molar-refractivity contribution in [2.45, 2.75) is 18.8 Å². The smallest absolute Gasteiger partial charge is 0.237 e. The molecule has 90 valence electrons. The van der Waals surface area contributed by atoms with Crippen LogP contribution in [-0.2, 0) is 11.3 Å². The van der Waals surface area contributed by atoms with Crippen LogP contribution in [-0.4, -0.2) is 15.5 Å². The van der Waals surface area contributed by atoms with Gasteiger partial charge in [0, 0.05) is 0 Å². The molecule has 4 nitrogen and oxygen atoms in total. The summed E-state index contributed by atoms with van der Waals surface area (Å²) in [6.45, 7) is 1.83. The van der Waals surface area contributed by atoms with E-state index in [1.54, 1.807) is 23.6 Å². The van der Waals surface area contributed by atoms with E-state index in [2.05, 4.69) is 4.98 Å². The van der Waals surface area contributed by atoms with Crippen LogP contribution < -0.4 is 5.73 Å². The highest BCUT2D eigenvalue weighted by Gasteiger charge is 2.17. The third-order valence-corrected chi connectivity index (χ3v) is 2.93. The zero-order valence-corrected chi connectivity index (χ0v) is 10.7. The van der Waals surface area contributed by atoms with Crippen molar-refractivity contribution in [3.05, 3.63) is 29.0 Å². The maximum absolute atomic E-state index is 11.1. The predicted molar refractivity (Wildman–Crippen MR) is 68.2 cm³/mol. The lowest BCUT2D eigenvalue weighted by Gasteiger charge is -2.07. The second kappa shape index (κ2) is 4.55. The topological polar surface area (TPSA) is 60.9 Å². The molecule has 17 heavy (non-hydrogen) atoms. The fraction of sp³-hybridized carbons (Fsp3) is 0.273. The fourth-order valence-electron chi connectivity index (χ4n) is 1.76. The Bertz CT molecular complexity index is 577. The number of carbonyl (C=O) groups excluding carboxylic acids is 1. The Morgan fingerprint density at radius 2 is 2.29 bits per heavy atom. The van der Waals surface area contributed by atoms with Gasteiger partial charge in [-0.1, -0.05) is 17.7 Å². The largest absolute Gasteiger partial charge is 0.368 e. The van der Waals surface area contributed by atoms with Crippen LogP contribution in [0.2, 0.25) is 5.02 Å². The molecule has 0 aliphatic carbocycles. The number of halogens is 2. The first-order valence-electron chi connectivity index (χ1n) is 5.07. The van der Waals surface area contributed by atoms with Crippen molar-refractivity contribution in [3.8, 4) is 0 Å². The number of primary amides is 1. The maximum Gasteiger partial charge on any atom is 0.237 e. The number of para-hydroxylation sites is 1. The molecule has 1 amide bonds. The Morgan fingerprint density at radius 1 is 1.59 bits per heavy atom. The molecule has 2 aromatic rings. The quantitative estimate of drug-likeness (QED) is 0.872. The Hall–Kier alpha value is -1.26. The summed E-state index contributed by atoms with van der Waals surface area (Å²) in [7, 11) is 0. The molecule has 0 radical (unpaired) electrons. The van der Waals surface area contributed by atoms with E-state index in [9.17, 15) is 4.79 Å². The van der Waals surface area contributed by atoms with Crippen molar-refractivity contribution in [1.29, 1.82) is 0 Å². The number of alkyl halides is 1. The molecular weight excluding hydrogens is 261 g/mol. The SMILES string of the molecule is CC(Cl)c1nc2c(Cl)cccc2n1CC(N)=O. The monoisotopic (exact) mass is 271 g/mol. The molecule has 6 heteroatoms. The van der Waals surface area contributed by atoms with Gasteiger partial charge < -0.3 is 10.3 Å². The van der Waals surface area contributed by atoms with Gasteiger partial charge in [-0.25, -0.2) is 4.98 Å². The lowest BCUT2D eigenvalue weighted by molar-refractivity contribution is -0.118. The maximum atomic E-state index is 11.1. The molecule has 0 saturated heterocycles. The standard InChI is InChI=1S/C11H11Cl2N3O/c1-6(12)11-15-10-7(13)3-2-4-8(10)16(11)5-9(14)17/h2-4,6H,5H2,1H3,(H2,14,17). The number of hydrogen-bond donors (Lipinski definition) is 1. The van der Waals surface area contributed by atoms with Gasteiger partial charge in [0.25, 0.3) is 0 Å². The second-order valence-corrected chi connectivity index (χ2v) is 4.81. The summed E-state index contributed by atoms with van der Waals surface area (Å²) in [5, 5.41) is 0.210. The number of nitrogens with two attached hydrogens (primary N) is 1. The number of imidazole rings is 1. The number of aromatic nitrogens is 2.